The monoisotopic (exact) mass is 260 g/mol. The minimum atomic E-state index is -0.345. The maximum atomic E-state index is 12.0. The van der Waals surface area contributed by atoms with Crippen LogP contribution in [0.2, 0.25) is 0 Å². The number of morpholine rings is 1. The molecule has 0 aliphatic carbocycles. The van der Waals surface area contributed by atoms with Gasteiger partial charge in [0.1, 0.15) is 5.58 Å². The quantitative estimate of drug-likeness (QED) is 0.822. The Kier molecular flexibility index (Phi) is 3.23. The van der Waals surface area contributed by atoms with E-state index in [0.29, 0.717) is 36.6 Å². The average molecular weight is 260 g/mol. The molecule has 5 nitrogen and oxygen atoms in total. The number of ether oxygens (including phenoxy) is 1. The number of hydrogen-bond donors (Lipinski definition) is 1. The number of para-hydroxylation sites is 1. The van der Waals surface area contributed by atoms with Gasteiger partial charge in [-0.3, -0.25) is 4.90 Å². The lowest BCUT2D eigenvalue weighted by Gasteiger charge is -2.26. The van der Waals surface area contributed by atoms with Gasteiger partial charge >= 0.3 is 5.63 Å². The summed E-state index contributed by atoms with van der Waals surface area (Å²) in [6, 6.07) is 7.34. The zero-order chi connectivity index (χ0) is 13.2. The second-order valence-electron chi connectivity index (χ2n) is 4.67. The fraction of sp³-hybridized carbons (Fsp3) is 0.357. The number of nitrogen functional groups attached to an aromatic ring is 1. The summed E-state index contributed by atoms with van der Waals surface area (Å²) >= 11 is 0. The summed E-state index contributed by atoms with van der Waals surface area (Å²) < 4.78 is 10.6. The molecule has 0 spiro atoms. The summed E-state index contributed by atoms with van der Waals surface area (Å²) in [5.41, 5.74) is 7.38. The third-order valence-corrected chi connectivity index (χ3v) is 3.44. The third-order valence-electron chi connectivity index (χ3n) is 3.44. The number of hydrogen-bond acceptors (Lipinski definition) is 5. The van der Waals surface area contributed by atoms with Crippen LogP contribution in [0.25, 0.3) is 11.0 Å². The molecule has 0 amide bonds. The highest BCUT2D eigenvalue weighted by Crippen LogP contribution is 2.22. The molecule has 100 valence electrons. The van der Waals surface area contributed by atoms with Crippen LogP contribution >= 0.6 is 0 Å². The van der Waals surface area contributed by atoms with Gasteiger partial charge in [-0.2, -0.15) is 0 Å². The first kappa shape index (κ1) is 12.2. The zero-order valence-electron chi connectivity index (χ0n) is 10.6. The predicted octanol–water partition coefficient (Wildman–Crippen LogP) is 1.21. The molecule has 2 aromatic rings. The van der Waals surface area contributed by atoms with Crippen LogP contribution < -0.4 is 11.4 Å². The fourth-order valence-corrected chi connectivity index (χ4v) is 2.34. The van der Waals surface area contributed by atoms with Crippen LogP contribution in [-0.4, -0.2) is 31.2 Å². The van der Waals surface area contributed by atoms with Crippen LogP contribution in [0.5, 0.6) is 0 Å². The van der Waals surface area contributed by atoms with Crippen LogP contribution in [0.1, 0.15) is 5.56 Å². The summed E-state index contributed by atoms with van der Waals surface area (Å²) in [6.45, 7) is 3.53. The van der Waals surface area contributed by atoms with Crippen molar-refractivity contribution in [3.8, 4) is 0 Å². The highest BCUT2D eigenvalue weighted by molar-refractivity contribution is 5.89. The Bertz CT molecular complexity index is 645. The van der Waals surface area contributed by atoms with Gasteiger partial charge in [0.25, 0.3) is 0 Å². The van der Waals surface area contributed by atoms with E-state index in [1.807, 2.05) is 18.2 Å². The number of anilines is 1. The van der Waals surface area contributed by atoms with Gasteiger partial charge in [-0.05, 0) is 12.1 Å². The second kappa shape index (κ2) is 5.03. The molecular weight excluding hydrogens is 244 g/mol. The zero-order valence-corrected chi connectivity index (χ0v) is 10.6. The van der Waals surface area contributed by atoms with E-state index in [4.69, 9.17) is 14.9 Å². The number of rotatable bonds is 2. The largest absolute Gasteiger partial charge is 0.422 e. The molecular formula is C14H16N2O3. The molecule has 19 heavy (non-hydrogen) atoms. The number of benzene rings is 1. The van der Waals surface area contributed by atoms with Crippen molar-refractivity contribution >= 4 is 16.7 Å². The van der Waals surface area contributed by atoms with E-state index in [-0.39, 0.29) is 5.63 Å². The topological polar surface area (TPSA) is 68.7 Å². The van der Waals surface area contributed by atoms with Gasteiger partial charge in [0, 0.05) is 25.0 Å². The molecule has 2 heterocycles. The lowest BCUT2D eigenvalue weighted by Crippen LogP contribution is -2.37. The third kappa shape index (κ3) is 2.34. The Morgan fingerprint density at radius 2 is 1.95 bits per heavy atom. The first-order valence-corrected chi connectivity index (χ1v) is 6.36. The Labute approximate surface area is 110 Å². The molecule has 1 aliphatic rings. The molecule has 0 saturated carbocycles. The van der Waals surface area contributed by atoms with E-state index in [2.05, 4.69) is 4.90 Å². The molecule has 1 aromatic heterocycles. The molecule has 2 N–H and O–H groups in total. The average Bonchev–Trinajstić information content (AvgIpc) is 2.45. The van der Waals surface area contributed by atoms with E-state index in [0.717, 1.165) is 18.5 Å². The minimum absolute atomic E-state index is 0.345. The van der Waals surface area contributed by atoms with Crippen molar-refractivity contribution in [3.63, 3.8) is 0 Å². The molecule has 3 rings (SSSR count). The SMILES string of the molecule is Nc1c(CN2CCOCC2)c(=O)oc2ccccc12. The van der Waals surface area contributed by atoms with E-state index in [1.165, 1.54) is 0 Å². The van der Waals surface area contributed by atoms with Crippen LogP contribution in [-0.2, 0) is 11.3 Å². The van der Waals surface area contributed by atoms with Gasteiger partial charge in [0.05, 0.1) is 24.5 Å². The van der Waals surface area contributed by atoms with E-state index < -0.39 is 0 Å². The van der Waals surface area contributed by atoms with Gasteiger partial charge in [-0.25, -0.2) is 4.79 Å². The Morgan fingerprint density at radius 3 is 2.74 bits per heavy atom. The van der Waals surface area contributed by atoms with Crippen molar-refractivity contribution in [1.82, 2.24) is 4.90 Å². The van der Waals surface area contributed by atoms with Crippen molar-refractivity contribution in [3.05, 3.63) is 40.2 Å². The van der Waals surface area contributed by atoms with Gasteiger partial charge in [-0.15, -0.1) is 0 Å². The summed E-state index contributed by atoms with van der Waals surface area (Å²) in [6.07, 6.45) is 0. The Balaban J connectivity index is 2.00. The maximum Gasteiger partial charge on any atom is 0.342 e. The molecule has 0 atom stereocenters. The van der Waals surface area contributed by atoms with E-state index >= 15 is 0 Å². The summed E-state index contributed by atoms with van der Waals surface area (Å²) in [4.78, 5) is 14.2. The summed E-state index contributed by atoms with van der Waals surface area (Å²) in [5, 5.41) is 0.797. The van der Waals surface area contributed by atoms with Gasteiger partial charge in [-0.1, -0.05) is 12.1 Å². The molecule has 1 aromatic carbocycles. The Hall–Kier alpha value is -1.85. The fourth-order valence-electron chi connectivity index (χ4n) is 2.34. The van der Waals surface area contributed by atoms with Gasteiger partial charge in [0.15, 0.2) is 0 Å². The second-order valence-corrected chi connectivity index (χ2v) is 4.67. The summed E-state index contributed by atoms with van der Waals surface area (Å²) in [5.74, 6) is 0. The van der Waals surface area contributed by atoms with Crippen LogP contribution in [0.4, 0.5) is 5.69 Å². The Morgan fingerprint density at radius 1 is 1.21 bits per heavy atom. The highest BCUT2D eigenvalue weighted by atomic mass is 16.5. The van der Waals surface area contributed by atoms with E-state index in [1.54, 1.807) is 6.07 Å². The molecule has 0 unspecified atom stereocenters. The summed E-state index contributed by atoms with van der Waals surface area (Å²) in [7, 11) is 0. The van der Waals surface area contributed by atoms with Crippen LogP contribution in [0.15, 0.2) is 33.5 Å². The van der Waals surface area contributed by atoms with Gasteiger partial charge < -0.3 is 14.9 Å². The van der Waals surface area contributed by atoms with Crippen molar-refractivity contribution in [2.75, 3.05) is 32.0 Å². The molecule has 1 saturated heterocycles. The first-order valence-electron chi connectivity index (χ1n) is 6.36. The maximum absolute atomic E-state index is 12.0. The normalized spacial score (nSPS) is 16.8. The molecule has 0 radical (unpaired) electrons. The predicted molar refractivity (Wildman–Crippen MR) is 73.0 cm³/mol. The molecule has 5 heteroatoms. The van der Waals surface area contributed by atoms with E-state index in [9.17, 15) is 4.79 Å². The van der Waals surface area contributed by atoms with Crippen molar-refractivity contribution in [1.29, 1.82) is 0 Å². The number of nitrogens with two attached hydrogens (primary N) is 1. The molecule has 1 fully saturated rings. The molecule has 0 bridgehead atoms. The van der Waals surface area contributed by atoms with Crippen molar-refractivity contribution in [2.24, 2.45) is 0 Å². The van der Waals surface area contributed by atoms with Gasteiger partial charge in [0.2, 0.25) is 0 Å². The lowest BCUT2D eigenvalue weighted by atomic mass is 10.1. The highest BCUT2D eigenvalue weighted by Gasteiger charge is 2.17. The van der Waals surface area contributed by atoms with Crippen LogP contribution in [0, 0.1) is 0 Å². The smallest absolute Gasteiger partial charge is 0.342 e. The minimum Gasteiger partial charge on any atom is -0.422 e. The van der Waals surface area contributed by atoms with Crippen molar-refractivity contribution < 1.29 is 9.15 Å². The standard InChI is InChI=1S/C14H16N2O3/c15-13-10-3-1-2-4-12(10)19-14(17)11(13)9-16-5-7-18-8-6-16/h1-4H,5-9,15H2. The first-order chi connectivity index (χ1) is 9.25. The van der Waals surface area contributed by atoms with Crippen LogP contribution in [0.3, 0.4) is 0 Å². The lowest BCUT2D eigenvalue weighted by molar-refractivity contribution is 0.0339. The number of nitrogens with zero attached hydrogens (tertiary/aromatic N) is 1. The van der Waals surface area contributed by atoms with Crippen molar-refractivity contribution in [2.45, 2.75) is 6.54 Å². The number of fused-ring (bicyclic) bond motifs is 1. The molecule has 1 aliphatic heterocycles.